The van der Waals surface area contributed by atoms with Crippen molar-refractivity contribution in [2.45, 2.75) is 42.0 Å². The van der Waals surface area contributed by atoms with Crippen molar-refractivity contribution in [1.29, 1.82) is 0 Å². The first-order valence-corrected chi connectivity index (χ1v) is 16.8. The molecule has 2 aliphatic rings. The lowest BCUT2D eigenvalue weighted by atomic mass is 10.1. The number of carbonyl (C=O) groups is 3. The largest absolute Gasteiger partial charge is 0.350 e. The Hall–Kier alpha value is -2.55. The number of likely N-dealkylation sites (tertiary alicyclic amines) is 2. The van der Waals surface area contributed by atoms with Crippen LogP contribution in [-0.4, -0.2) is 79.2 Å². The van der Waals surface area contributed by atoms with Crippen molar-refractivity contribution in [1.82, 2.24) is 24.8 Å². The SMILES string of the molecule is O=C(NCC1CCCN1C(=O)CN1CCCC(NS(=O)(=O)c2ccc(-c3ccc(Cl)s3)s2)C1=O)c1ccnc(Cl)c1. The minimum absolute atomic E-state index is 0.106. The van der Waals surface area contributed by atoms with E-state index in [1.54, 1.807) is 23.1 Å². The van der Waals surface area contributed by atoms with E-state index in [9.17, 15) is 22.8 Å². The van der Waals surface area contributed by atoms with Gasteiger partial charge in [-0.25, -0.2) is 13.4 Å². The fourth-order valence-corrected chi connectivity index (χ4v) is 8.84. The van der Waals surface area contributed by atoms with Crippen LogP contribution in [0.1, 0.15) is 36.0 Å². The van der Waals surface area contributed by atoms with Crippen LogP contribution in [-0.2, 0) is 19.6 Å². The number of halogens is 2. The van der Waals surface area contributed by atoms with Crippen LogP contribution in [0.4, 0.5) is 0 Å². The van der Waals surface area contributed by atoms with Gasteiger partial charge in [-0.2, -0.15) is 4.72 Å². The van der Waals surface area contributed by atoms with Crippen molar-refractivity contribution in [3.63, 3.8) is 0 Å². The number of hydrogen-bond acceptors (Lipinski definition) is 8. The van der Waals surface area contributed by atoms with Crippen molar-refractivity contribution in [2.75, 3.05) is 26.2 Å². The van der Waals surface area contributed by atoms with Crippen molar-refractivity contribution >= 4 is 73.6 Å². The third kappa shape index (κ3) is 7.09. The van der Waals surface area contributed by atoms with Gasteiger partial charge in [-0.15, -0.1) is 22.7 Å². The first kappa shape index (κ1) is 29.9. The van der Waals surface area contributed by atoms with Crippen LogP contribution in [0.25, 0.3) is 9.75 Å². The van der Waals surface area contributed by atoms with Gasteiger partial charge in [0.25, 0.3) is 15.9 Å². The third-order valence-electron chi connectivity index (χ3n) is 7.00. The van der Waals surface area contributed by atoms with Crippen LogP contribution in [0.2, 0.25) is 9.49 Å². The second-order valence-electron chi connectivity index (χ2n) is 9.76. The monoisotopic (exact) mass is 655 g/mol. The van der Waals surface area contributed by atoms with Gasteiger partial charge >= 0.3 is 0 Å². The molecule has 218 valence electrons. The molecule has 10 nitrogen and oxygen atoms in total. The van der Waals surface area contributed by atoms with E-state index >= 15 is 0 Å². The normalized spacial score (nSPS) is 19.5. The van der Waals surface area contributed by atoms with Gasteiger partial charge in [-0.05, 0) is 62.1 Å². The average molecular weight is 657 g/mol. The highest BCUT2D eigenvalue weighted by Crippen LogP contribution is 2.37. The Morgan fingerprint density at radius 2 is 1.78 bits per heavy atom. The maximum atomic E-state index is 13.2. The van der Waals surface area contributed by atoms with E-state index in [1.807, 2.05) is 6.07 Å². The van der Waals surface area contributed by atoms with Gasteiger partial charge in [0, 0.05) is 47.2 Å². The lowest BCUT2D eigenvalue weighted by Crippen LogP contribution is -2.55. The summed E-state index contributed by atoms with van der Waals surface area (Å²) in [4.78, 5) is 47.6. The number of rotatable bonds is 9. The zero-order chi connectivity index (χ0) is 29.1. The Labute approximate surface area is 255 Å². The summed E-state index contributed by atoms with van der Waals surface area (Å²) in [7, 11) is -3.95. The van der Waals surface area contributed by atoms with Gasteiger partial charge in [0.1, 0.15) is 15.4 Å². The molecule has 2 atom stereocenters. The van der Waals surface area contributed by atoms with Crippen LogP contribution < -0.4 is 10.0 Å². The van der Waals surface area contributed by atoms with Gasteiger partial charge in [0.2, 0.25) is 11.8 Å². The van der Waals surface area contributed by atoms with E-state index in [-0.39, 0.29) is 40.3 Å². The number of hydrogen-bond donors (Lipinski definition) is 2. The van der Waals surface area contributed by atoms with E-state index in [0.717, 1.165) is 33.9 Å². The van der Waals surface area contributed by atoms with E-state index in [1.165, 1.54) is 34.6 Å². The second kappa shape index (κ2) is 12.8. The highest BCUT2D eigenvalue weighted by molar-refractivity contribution is 7.91. The molecule has 3 aromatic heterocycles. The number of aromatic nitrogens is 1. The molecule has 5 rings (SSSR count). The average Bonchev–Trinajstić information content (AvgIpc) is 3.70. The fourth-order valence-electron chi connectivity index (χ4n) is 4.98. The van der Waals surface area contributed by atoms with Crippen LogP contribution in [0.15, 0.2) is 46.8 Å². The quantitative estimate of drug-likeness (QED) is 0.337. The van der Waals surface area contributed by atoms with Crippen molar-refractivity contribution in [2.24, 2.45) is 0 Å². The molecule has 15 heteroatoms. The number of amides is 3. The summed E-state index contributed by atoms with van der Waals surface area (Å²) in [5, 5.41) is 3.06. The molecule has 2 N–H and O–H groups in total. The summed E-state index contributed by atoms with van der Waals surface area (Å²) in [6, 6.07) is 8.69. The first-order valence-electron chi connectivity index (χ1n) is 13.0. The molecule has 2 fully saturated rings. The number of piperidine rings is 1. The Morgan fingerprint density at radius 1 is 1.02 bits per heavy atom. The highest BCUT2D eigenvalue weighted by atomic mass is 35.5. The predicted octanol–water partition coefficient (Wildman–Crippen LogP) is 3.87. The molecule has 0 spiro atoms. The molecule has 2 saturated heterocycles. The van der Waals surface area contributed by atoms with Gasteiger partial charge in [0.15, 0.2) is 0 Å². The molecule has 2 unspecified atom stereocenters. The van der Waals surface area contributed by atoms with Gasteiger partial charge in [-0.1, -0.05) is 23.2 Å². The molecule has 3 amide bonds. The van der Waals surface area contributed by atoms with E-state index in [0.29, 0.717) is 35.8 Å². The second-order valence-corrected chi connectivity index (χ2v) is 14.9. The summed E-state index contributed by atoms with van der Waals surface area (Å²) in [5.41, 5.74) is 0.378. The van der Waals surface area contributed by atoms with Crippen LogP contribution >= 0.6 is 45.9 Å². The van der Waals surface area contributed by atoms with E-state index in [2.05, 4.69) is 15.0 Å². The minimum Gasteiger partial charge on any atom is -0.350 e. The number of nitrogens with one attached hydrogen (secondary N) is 2. The molecule has 0 radical (unpaired) electrons. The lowest BCUT2D eigenvalue weighted by Gasteiger charge is -2.34. The zero-order valence-corrected chi connectivity index (χ0v) is 25.7. The standard InChI is InChI=1S/C26H27Cl2N5O5S3/c27-21-13-16(9-10-29-21)25(35)30-14-17-3-1-12-33(17)23(34)15-32-11-2-4-18(26(32)36)31-41(37,38)24-8-6-20(40-24)19-5-7-22(28)39-19/h5-10,13,17-18,31H,1-4,11-12,14-15H2,(H,30,35). The molecular weight excluding hydrogens is 629 g/mol. The Kier molecular flexibility index (Phi) is 9.31. The van der Waals surface area contributed by atoms with Gasteiger partial charge < -0.3 is 15.1 Å². The molecule has 2 aliphatic heterocycles. The van der Waals surface area contributed by atoms with Crippen molar-refractivity contribution in [3.05, 3.63) is 57.6 Å². The molecule has 0 aliphatic carbocycles. The minimum atomic E-state index is -3.95. The van der Waals surface area contributed by atoms with E-state index < -0.39 is 22.0 Å². The van der Waals surface area contributed by atoms with Crippen LogP contribution in [0, 0.1) is 0 Å². The Balaban J connectivity index is 1.17. The van der Waals surface area contributed by atoms with Crippen LogP contribution in [0.3, 0.4) is 0 Å². The number of pyridine rings is 1. The maximum absolute atomic E-state index is 13.2. The first-order chi connectivity index (χ1) is 19.6. The summed E-state index contributed by atoms with van der Waals surface area (Å²) in [5.74, 6) is -0.969. The zero-order valence-electron chi connectivity index (χ0n) is 21.7. The smallest absolute Gasteiger partial charge is 0.251 e. The third-order valence-corrected chi connectivity index (χ3v) is 11.7. The molecule has 0 saturated carbocycles. The number of carbonyl (C=O) groups excluding carboxylic acids is 3. The molecule has 0 bridgehead atoms. The number of thiophene rings is 2. The molecular formula is C26H27Cl2N5O5S3. The van der Waals surface area contributed by atoms with Crippen molar-refractivity contribution in [3.8, 4) is 9.75 Å². The molecule has 41 heavy (non-hydrogen) atoms. The van der Waals surface area contributed by atoms with E-state index in [4.69, 9.17) is 23.2 Å². The number of sulfonamides is 1. The predicted molar refractivity (Wildman–Crippen MR) is 159 cm³/mol. The van der Waals surface area contributed by atoms with Crippen molar-refractivity contribution < 1.29 is 22.8 Å². The Bertz CT molecular complexity index is 1560. The molecule has 5 heterocycles. The summed E-state index contributed by atoms with van der Waals surface area (Å²) >= 11 is 14.3. The van der Waals surface area contributed by atoms with Crippen LogP contribution in [0.5, 0.6) is 0 Å². The highest BCUT2D eigenvalue weighted by Gasteiger charge is 2.36. The van der Waals surface area contributed by atoms with Gasteiger partial charge in [0.05, 0.1) is 10.9 Å². The summed E-state index contributed by atoms with van der Waals surface area (Å²) < 4.78 is 29.5. The Morgan fingerprint density at radius 3 is 2.54 bits per heavy atom. The summed E-state index contributed by atoms with van der Waals surface area (Å²) in [6.07, 6.45) is 3.86. The fraction of sp³-hybridized carbons (Fsp3) is 0.385. The maximum Gasteiger partial charge on any atom is 0.251 e. The van der Waals surface area contributed by atoms with Gasteiger partial charge in [-0.3, -0.25) is 14.4 Å². The topological polar surface area (TPSA) is 129 Å². The number of nitrogens with zero attached hydrogens (tertiary/aromatic N) is 3. The lowest BCUT2D eigenvalue weighted by molar-refractivity contribution is -0.143. The molecule has 0 aromatic carbocycles. The molecule has 3 aromatic rings. The summed E-state index contributed by atoms with van der Waals surface area (Å²) in [6.45, 7) is 1.00.